The Labute approximate surface area is 103 Å². The second-order valence-corrected chi connectivity index (χ2v) is 4.57. The second-order valence-electron chi connectivity index (χ2n) is 3.54. The van der Waals surface area contributed by atoms with Gasteiger partial charge in [-0.25, -0.2) is 4.98 Å². The fraction of sp³-hybridized carbons (Fsp3) is 0.455. The molecule has 2 heterocycles. The van der Waals surface area contributed by atoms with Gasteiger partial charge >= 0.3 is 0 Å². The van der Waals surface area contributed by atoms with E-state index < -0.39 is 0 Å². The molecule has 0 radical (unpaired) electrons. The minimum absolute atomic E-state index is 0.0569. The van der Waals surface area contributed by atoms with E-state index in [2.05, 4.69) is 22.1 Å². The summed E-state index contributed by atoms with van der Waals surface area (Å²) in [7, 11) is 0. The number of aromatic nitrogens is 1. The number of hydrogen-bond donors (Lipinski definition) is 2. The molecule has 1 aromatic heterocycles. The highest BCUT2D eigenvalue weighted by atomic mass is 32.1. The van der Waals surface area contributed by atoms with E-state index in [9.17, 15) is 4.79 Å². The molecule has 2 N–H and O–H groups in total. The fourth-order valence-corrected chi connectivity index (χ4v) is 2.16. The van der Waals surface area contributed by atoms with Crippen LogP contribution in [0.1, 0.15) is 11.3 Å². The molecule has 1 fully saturated rings. The Morgan fingerprint density at radius 1 is 1.76 bits per heavy atom. The number of carbonyl (C=O) groups excluding carboxylic acids is 1. The number of ether oxygens (including phenoxy) is 1. The summed E-state index contributed by atoms with van der Waals surface area (Å²) >= 11 is 1.29. The third-order valence-electron chi connectivity index (χ3n) is 2.33. The van der Waals surface area contributed by atoms with Crippen LogP contribution in [-0.4, -0.2) is 35.8 Å². The van der Waals surface area contributed by atoms with Gasteiger partial charge in [0, 0.05) is 6.61 Å². The molecular weight excluding hydrogens is 240 g/mol. The first-order chi connectivity index (χ1) is 8.29. The third-order valence-corrected chi connectivity index (χ3v) is 3.16. The Kier molecular flexibility index (Phi) is 4.09. The zero-order chi connectivity index (χ0) is 12.1. The maximum atomic E-state index is 11.7. The Morgan fingerprint density at radius 3 is 3.35 bits per heavy atom. The highest BCUT2D eigenvalue weighted by molar-refractivity contribution is 7.16. The predicted octanol–water partition coefficient (Wildman–Crippen LogP) is 0.462. The maximum Gasteiger partial charge on any atom is 0.231 e. The van der Waals surface area contributed by atoms with Crippen molar-refractivity contribution in [1.82, 2.24) is 4.98 Å². The van der Waals surface area contributed by atoms with Gasteiger partial charge in [0.25, 0.3) is 0 Å². The fourth-order valence-electron chi connectivity index (χ4n) is 1.47. The van der Waals surface area contributed by atoms with Crippen LogP contribution >= 0.6 is 11.3 Å². The van der Waals surface area contributed by atoms with Crippen molar-refractivity contribution in [2.45, 2.75) is 6.42 Å². The van der Waals surface area contributed by atoms with Crippen molar-refractivity contribution in [2.75, 3.05) is 25.1 Å². The number of aliphatic hydroxyl groups is 1. The first-order valence-electron chi connectivity index (χ1n) is 5.24. The van der Waals surface area contributed by atoms with E-state index in [0.29, 0.717) is 18.3 Å². The van der Waals surface area contributed by atoms with Crippen LogP contribution in [0.4, 0.5) is 5.13 Å². The number of thiazole rings is 1. The normalized spacial score (nSPS) is 18.5. The summed E-state index contributed by atoms with van der Waals surface area (Å²) in [5.41, 5.74) is 0. The first-order valence-corrected chi connectivity index (χ1v) is 6.05. The summed E-state index contributed by atoms with van der Waals surface area (Å²) in [5.74, 6) is 5.13. The van der Waals surface area contributed by atoms with Crippen LogP contribution in [0.3, 0.4) is 0 Å². The van der Waals surface area contributed by atoms with Crippen molar-refractivity contribution in [3.8, 4) is 11.8 Å². The molecule has 0 spiro atoms. The lowest BCUT2D eigenvalue weighted by atomic mass is 10.1. The molecule has 6 heteroatoms. The molecule has 0 saturated carbocycles. The summed E-state index contributed by atoms with van der Waals surface area (Å²) in [5, 5.41) is 11.8. The van der Waals surface area contributed by atoms with E-state index in [-0.39, 0.29) is 18.4 Å². The van der Waals surface area contributed by atoms with Crippen LogP contribution in [0.15, 0.2) is 6.20 Å². The van der Waals surface area contributed by atoms with Gasteiger partial charge in [-0.05, 0) is 6.42 Å². The molecule has 0 aromatic carbocycles. The molecule has 90 valence electrons. The second kappa shape index (κ2) is 5.77. The zero-order valence-corrected chi connectivity index (χ0v) is 9.92. The lowest BCUT2D eigenvalue weighted by Gasteiger charge is -2.05. The lowest BCUT2D eigenvalue weighted by molar-refractivity contribution is -0.119. The molecule has 1 amide bonds. The van der Waals surface area contributed by atoms with Gasteiger partial charge in [-0.15, -0.1) is 0 Å². The molecule has 2 rings (SSSR count). The van der Waals surface area contributed by atoms with Crippen LogP contribution in [-0.2, 0) is 9.53 Å². The lowest BCUT2D eigenvalue weighted by Crippen LogP contribution is -2.22. The van der Waals surface area contributed by atoms with E-state index in [0.717, 1.165) is 11.3 Å². The van der Waals surface area contributed by atoms with E-state index in [1.165, 1.54) is 11.3 Å². The van der Waals surface area contributed by atoms with E-state index in [1.54, 1.807) is 6.20 Å². The van der Waals surface area contributed by atoms with Gasteiger partial charge in [-0.1, -0.05) is 23.2 Å². The summed E-state index contributed by atoms with van der Waals surface area (Å²) < 4.78 is 5.15. The van der Waals surface area contributed by atoms with Gasteiger partial charge in [0.2, 0.25) is 5.91 Å². The van der Waals surface area contributed by atoms with E-state index in [4.69, 9.17) is 9.84 Å². The summed E-state index contributed by atoms with van der Waals surface area (Å²) in [6.45, 7) is 0.941. The summed E-state index contributed by atoms with van der Waals surface area (Å²) in [6.07, 6.45) is 2.34. The molecule has 1 aromatic rings. The van der Waals surface area contributed by atoms with E-state index >= 15 is 0 Å². The van der Waals surface area contributed by atoms with Crippen LogP contribution < -0.4 is 5.32 Å². The molecule has 0 aliphatic carbocycles. The molecule has 5 nitrogen and oxygen atoms in total. The van der Waals surface area contributed by atoms with Gasteiger partial charge < -0.3 is 15.2 Å². The Balaban J connectivity index is 1.94. The minimum atomic E-state index is -0.182. The van der Waals surface area contributed by atoms with Gasteiger partial charge in [0.05, 0.1) is 23.6 Å². The van der Waals surface area contributed by atoms with Crippen LogP contribution in [0.5, 0.6) is 0 Å². The SMILES string of the molecule is O=C(Nc1ncc(C#CCO)s1)C1CCOC1. The predicted molar refractivity (Wildman–Crippen MR) is 63.6 cm³/mol. The smallest absolute Gasteiger partial charge is 0.231 e. The topological polar surface area (TPSA) is 71.5 Å². The van der Waals surface area contributed by atoms with Crippen LogP contribution in [0, 0.1) is 17.8 Å². The van der Waals surface area contributed by atoms with Crippen LogP contribution in [0.25, 0.3) is 0 Å². The van der Waals surface area contributed by atoms with Gasteiger partial charge in [0.1, 0.15) is 6.61 Å². The number of nitrogens with one attached hydrogen (secondary N) is 1. The van der Waals surface area contributed by atoms with Crippen molar-refractivity contribution in [2.24, 2.45) is 5.92 Å². The molecule has 1 unspecified atom stereocenters. The average Bonchev–Trinajstić information content (AvgIpc) is 2.97. The largest absolute Gasteiger partial charge is 0.384 e. The third kappa shape index (κ3) is 3.27. The monoisotopic (exact) mass is 252 g/mol. The molecule has 0 bridgehead atoms. The van der Waals surface area contributed by atoms with Crippen LogP contribution in [0.2, 0.25) is 0 Å². The highest BCUT2D eigenvalue weighted by Crippen LogP contribution is 2.20. The number of nitrogens with zero attached hydrogens (tertiary/aromatic N) is 1. The highest BCUT2D eigenvalue weighted by Gasteiger charge is 2.24. The van der Waals surface area contributed by atoms with Crippen molar-refractivity contribution >= 4 is 22.4 Å². The van der Waals surface area contributed by atoms with Crippen molar-refractivity contribution in [3.63, 3.8) is 0 Å². The Morgan fingerprint density at radius 2 is 2.65 bits per heavy atom. The average molecular weight is 252 g/mol. The number of amides is 1. The Hall–Kier alpha value is -1.42. The Bertz CT molecular complexity index is 455. The number of aliphatic hydroxyl groups excluding tert-OH is 1. The number of anilines is 1. The van der Waals surface area contributed by atoms with E-state index in [1.807, 2.05) is 0 Å². The zero-order valence-electron chi connectivity index (χ0n) is 9.10. The molecule has 17 heavy (non-hydrogen) atoms. The molecule has 1 aliphatic rings. The number of carbonyl (C=O) groups is 1. The quantitative estimate of drug-likeness (QED) is 0.750. The molecule has 1 saturated heterocycles. The van der Waals surface area contributed by atoms with Gasteiger partial charge in [-0.3, -0.25) is 4.79 Å². The summed E-state index contributed by atoms with van der Waals surface area (Å²) in [6, 6.07) is 0. The number of rotatable bonds is 2. The first kappa shape index (κ1) is 12.0. The maximum absolute atomic E-state index is 11.7. The van der Waals surface area contributed by atoms with Crippen molar-refractivity contribution in [3.05, 3.63) is 11.1 Å². The standard InChI is InChI=1S/C11H12N2O3S/c14-4-1-2-9-6-12-11(17-9)13-10(15)8-3-5-16-7-8/h6,8,14H,3-5,7H2,(H,12,13,15). The molecular formula is C11H12N2O3S. The number of hydrogen-bond acceptors (Lipinski definition) is 5. The van der Waals surface area contributed by atoms with Crippen molar-refractivity contribution < 1.29 is 14.6 Å². The molecule has 1 atom stereocenters. The van der Waals surface area contributed by atoms with Gasteiger partial charge in [0.15, 0.2) is 5.13 Å². The van der Waals surface area contributed by atoms with Crippen molar-refractivity contribution in [1.29, 1.82) is 0 Å². The molecule has 1 aliphatic heterocycles. The minimum Gasteiger partial charge on any atom is -0.384 e. The summed E-state index contributed by atoms with van der Waals surface area (Å²) in [4.78, 5) is 16.5. The van der Waals surface area contributed by atoms with Gasteiger partial charge in [-0.2, -0.15) is 0 Å².